The summed E-state index contributed by atoms with van der Waals surface area (Å²) in [4.78, 5) is 16.2. The molecule has 21 heavy (non-hydrogen) atoms. The minimum atomic E-state index is -0.710. The second-order valence-corrected chi connectivity index (χ2v) is 6.49. The van der Waals surface area contributed by atoms with E-state index in [0.717, 1.165) is 36.1 Å². The number of aliphatic carboxylic acids is 1. The van der Waals surface area contributed by atoms with E-state index < -0.39 is 5.97 Å². The molecule has 4 nitrogen and oxygen atoms in total. The average Bonchev–Trinajstić information content (AvgIpc) is 3.01. The molecule has 0 aliphatic heterocycles. The van der Waals surface area contributed by atoms with Crippen LogP contribution < -0.4 is 0 Å². The van der Waals surface area contributed by atoms with Crippen LogP contribution in [0.3, 0.4) is 0 Å². The van der Waals surface area contributed by atoms with Gasteiger partial charge in [-0.25, -0.2) is 4.98 Å². The summed E-state index contributed by atoms with van der Waals surface area (Å²) in [7, 11) is 0. The van der Waals surface area contributed by atoms with Gasteiger partial charge in [-0.05, 0) is 44.9 Å². The molecule has 1 aliphatic carbocycles. The molecule has 0 radical (unpaired) electrons. The highest BCUT2D eigenvalue weighted by molar-refractivity contribution is 6.31. The normalized spacial score (nSPS) is 22.3. The van der Waals surface area contributed by atoms with Gasteiger partial charge >= 0.3 is 5.97 Å². The molecule has 1 saturated carbocycles. The number of fused-ring (bicyclic) bond motifs is 1. The van der Waals surface area contributed by atoms with E-state index in [1.54, 1.807) is 0 Å². The van der Waals surface area contributed by atoms with Gasteiger partial charge in [0.1, 0.15) is 5.82 Å². The van der Waals surface area contributed by atoms with Gasteiger partial charge < -0.3 is 9.67 Å². The van der Waals surface area contributed by atoms with Crippen LogP contribution >= 0.6 is 11.6 Å². The van der Waals surface area contributed by atoms with Crippen LogP contribution in [0.4, 0.5) is 0 Å². The van der Waals surface area contributed by atoms with Gasteiger partial charge in [-0.1, -0.05) is 18.0 Å². The zero-order valence-electron chi connectivity index (χ0n) is 12.2. The van der Waals surface area contributed by atoms with E-state index in [1.165, 1.54) is 0 Å². The Morgan fingerprint density at radius 3 is 2.86 bits per heavy atom. The number of halogens is 1. The molecule has 112 valence electrons. The Bertz CT molecular complexity index is 693. The number of carboxylic acids is 1. The van der Waals surface area contributed by atoms with E-state index in [0.29, 0.717) is 5.02 Å². The fourth-order valence-electron chi connectivity index (χ4n) is 3.45. The Morgan fingerprint density at radius 2 is 2.19 bits per heavy atom. The molecule has 1 aromatic heterocycles. The molecule has 1 N–H and O–H groups in total. The highest BCUT2D eigenvalue weighted by Gasteiger charge is 2.37. The van der Waals surface area contributed by atoms with Crippen molar-refractivity contribution in [3.05, 3.63) is 29.0 Å². The van der Waals surface area contributed by atoms with Crippen LogP contribution in [0, 0.1) is 5.92 Å². The first-order chi connectivity index (χ1) is 9.99. The molecule has 1 heterocycles. The predicted molar refractivity (Wildman–Crippen MR) is 82.8 cm³/mol. The number of hydrogen-bond acceptors (Lipinski definition) is 2. The highest BCUT2D eigenvalue weighted by atomic mass is 35.5. The van der Waals surface area contributed by atoms with Crippen LogP contribution in [0.2, 0.25) is 5.02 Å². The van der Waals surface area contributed by atoms with Crippen LogP contribution in [0.25, 0.3) is 11.0 Å². The van der Waals surface area contributed by atoms with Crippen molar-refractivity contribution in [1.29, 1.82) is 0 Å². The first-order valence-corrected chi connectivity index (χ1v) is 7.77. The zero-order chi connectivity index (χ0) is 15.1. The number of nitrogens with zero attached hydrogens (tertiary/aromatic N) is 2. The number of carboxylic acid groups (broad SMARTS) is 1. The Morgan fingerprint density at radius 1 is 1.43 bits per heavy atom. The maximum atomic E-state index is 11.5. The molecular formula is C16H19ClN2O2. The Balaban J connectivity index is 2.17. The molecule has 0 bridgehead atoms. The summed E-state index contributed by atoms with van der Waals surface area (Å²) in [5.41, 5.74) is 1.88. The standard InChI is InChI=1S/C16H19ClN2O2/c1-9(2)19-14-8-10(17)6-7-13(14)18-15(19)11-4-3-5-12(11)16(20)21/h6-9,11-12H,3-5H2,1-2H3,(H,20,21). The molecule has 2 unspecified atom stereocenters. The average molecular weight is 307 g/mol. The number of carbonyl (C=O) groups is 1. The summed E-state index contributed by atoms with van der Waals surface area (Å²) in [6, 6.07) is 5.87. The molecule has 5 heteroatoms. The molecular weight excluding hydrogens is 288 g/mol. The van der Waals surface area contributed by atoms with E-state index in [9.17, 15) is 9.90 Å². The van der Waals surface area contributed by atoms with Gasteiger partial charge in [-0.15, -0.1) is 0 Å². The van der Waals surface area contributed by atoms with Gasteiger partial charge in [0.2, 0.25) is 0 Å². The van der Waals surface area contributed by atoms with Crippen molar-refractivity contribution in [2.75, 3.05) is 0 Å². The molecule has 0 amide bonds. The third-order valence-electron chi connectivity index (χ3n) is 4.36. The van der Waals surface area contributed by atoms with Crippen molar-refractivity contribution in [3.8, 4) is 0 Å². The van der Waals surface area contributed by atoms with Crippen molar-refractivity contribution < 1.29 is 9.90 Å². The molecule has 3 rings (SSSR count). The lowest BCUT2D eigenvalue weighted by Gasteiger charge is -2.20. The smallest absolute Gasteiger partial charge is 0.307 e. The van der Waals surface area contributed by atoms with E-state index in [2.05, 4.69) is 18.4 Å². The third kappa shape index (κ3) is 2.42. The molecule has 1 aliphatic rings. The molecule has 0 spiro atoms. The quantitative estimate of drug-likeness (QED) is 0.922. The maximum Gasteiger partial charge on any atom is 0.307 e. The van der Waals surface area contributed by atoms with Crippen molar-refractivity contribution in [1.82, 2.24) is 9.55 Å². The summed E-state index contributed by atoms with van der Waals surface area (Å²) >= 11 is 6.11. The van der Waals surface area contributed by atoms with Crippen molar-refractivity contribution in [3.63, 3.8) is 0 Å². The predicted octanol–water partition coefficient (Wildman–Crippen LogP) is 4.24. The van der Waals surface area contributed by atoms with Crippen LogP contribution in [-0.4, -0.2) is 20.6 Å². The van der Waals surface area contributed by atoms with Crippen molar-refractivity contribution in [2.45, 2.75) is 45.1 Å². The first kappa shape index (κ1) is 14.4. The lowest BCUT2D eigenvalue weighted by atomic mass is 9.95. The second kappa shape index (κ2) is 5.34. The molecule has 0 saturated heterocycles. The van der Waals surface area contributed by atoms with E-state index in [4.69, 9.17) is 16.6 Å². The number of benzene rings is 1. The third-order valence-corrected chi connectivity index (χ3v) is 4.60. The minimum absolute atomic E-state index is 0.00363. The maximum absolute atomic E-state index is 11.5. The van der Waals surface area contributed by atoms with Gasteiger partial charge in [-0.2, -0.15) is 0 Å². The molecule has 1 fully saturated rings. The van der Waals surface area contributed by atoms with Crippen molar-refractivity contribution in [2.24, 2.45) is 5.92 Å². The molecule has 2 aromatic rings. The number of imidazole rings is 1. The summed E-state index contributed by atoms with van der Waals surface area (Å²) in [5, 5.41) is 10.1. The Hall–Kier alpha value is -1.55. The van der Waals surface area contributed by atoms with Crippen molar-refractivity contribution >= 4 is 28.6 Å². The summed E-state index contributed by atoms with van der Waals surface area (Å²) < 4.78 is 2.15. The lowest BCUT2D eigenvalue weighted by Crippen LogP contribution is -2.20. The Kier molecular flexibility index (Phi) is 3.66. The Labute approximate surface area is 128 Å². The van der Waals surface area contributed by atoms with Crippen LogP contribution in [-0.2, 0) is 4.79 Å². The van der Waals surface area contributed by atoms with Crippen LogP contribution in [0.15, 0.2) is 18.2 Å². The summed E-state index contributed by atoms with van der Waals surface area (Å²) in [5.74, 6) is -0.143. The van der Waals surface area contributed by atoms with Gasteiger partial charge in [0.05, 0.1) is 17.0 Å². The summed E-state index contributed by atoms with van der Waals surface area (Å²) in [6.45, 7) is 4.19. The monoisotopic (exact) mass is 306 g/mol. The number of aromatic nitrogens is 2. The van der Waals surface area contributed by atoms with E-state index in [1.807, 2.05) is 18.2 Å². The van der Waals surface area contributed by atoms with Gasteiger partial charge in [0.15, 0.2) is 0 Å². The van der Waals surface area contributed by atoms with E-state index >= 15 is 0 Å². The van der Waals surface area contributed by atoms with Gasteiger partial charge in [0.25, 0.3) is 0 Å². The molecule has 1 aromatic carbocycles. The van der Waals surface area contributed by atoms with E-state index in [-0.39, 0.29) is 17.9 Å². The second-order valence-electron chi connectivity index (χ2n) is 6.05. The number of rotatable bonds is 3. The van der Waals surface area contributed by atoms with Gasteiger partial charge in [-0.3, -0.25) is 4.79 Å². The SMILES string of the molecule is CC(C)n1c(C2CCCC2C(=O)O)nc2ccc(Cl)cc21. The largest absolute Gasteiger partial charge is 0.481 e. The van der Waals surface area contributed by atoms with Crippen LogP contribution in [0.1, 0.15) is 50.9 Å². The topological polar surface area (TPSA) is 55.1 Å². The lowest BCUT2D eigenvalue weighted by molar-refractivity contribution is -0.142. The molecule has 2 atom stereocenters. The number of hydrogen-bond donors (Lipinski definition) is 1. The minimum Gasteiger partial charge on any atom is -0.481 e. The first-order valence-electron chi connectivity index (χ1n) is 7.39. The summed E-state index contributed by atoms with van der Waals surface area (Å²) in [6.07, 6.45) is 2.58. The fraction of sp³-hybridized carbons (Fsp3) is 0.500. The zero-order valence-corrected chi connectivity index (χ0v) is 13.0. The highest BCUT2D eigenvalue weighted by Crippen LogP contribution is 2.41. The fourth-order valence-corrected chi connectivity index (χ4v) is 3.62. The van der Waals surface area contributed by atoms with Gasteiger partial charge in [0, 0.05) is 17.0 Å². The van der Waals surface area contributed by atoms with Crippen LogP contribution in [0.5, 0.6) is 0 Å².